The number of aromatic hydroxyl groups is 1. The molecule has 0 aliphatic rings. The normalized spacial score (nSPS) is 10.5. The van der Waals surface area contributed by atoms with Gasteiger partial charge in [0, 0.05) is 12.1 Å². The molecule has 2 rings (SSSR count). The number of rotatable bonds is 4. The topological polar surface area (TPSA) is 87.8 Å². The summed E-state index contributed by atoms with van der Waals surface area (Å²) in [4.78, 5) is 10.0. The van der Waals surface area contributed by atoms with E-state index in [0.29, 0.717) is 0 Å². The first-order chi connectivity index (χ1) is 9.15. The van der Waals surface area contributed by atoms with Gasteiger partial charge in [-0.1, -0.05) is 0 Å². The number of phenols is 1. The van der Waals surface area contributed by atoms with Crippen LogP contribution in [-0.2, 0) is 0 Å². The van der Waals surface area contributed by atoms with E-state index < -0.39 is 4.92 Å². The van der Waals surface area contributed by atoms with E-state index in [-0.39, 0.29) is 11.4 Å². The Morgan fingerprint density at radius 1 is 1.11 bits per heavy atom. The SMILES string of the molecule is O=[N+]([O-])c1ccc(/C=N/Nc2ccc(O)cc2)cc1. The molecule has 2 aromatic rings. The maximum atomic E-state index is 10.5. The van der Waals surface area contributed by atoms with Gasteiger partial charge in [-0.25, -0.2) is 0 Å². The smallest absolute Gasteiger partial charge is 0.269 e. The van der Waals surface area contributed by atoms with Crippen molar-refractivity contribution >= 4 is 17.6 Å². The highest BCUT2D eigenvalue weighted by Gasteiger charge is 2.02. The van der Waals surface area contributed by atoms with E-state index in [1.54, 1.807) is 42.6 Å². The molecule has 0 saturated heterocycles. The molecule has 6 nitrogen and oxygen atoms in total. The van der Waals surface area contributed by atoms with E-state index in [1.807, 2.05) is 0 Å². The summed E-state index contributed by atoms with van der Waals surface area (Å²) in [5.41, 5.74) is 4.31. The van der Waals surface area contributed by atoms with E-state index in [9.17, 15) is 10.1 Å². The molecule has 19 heavy (non-hydrogen) atoms. The van der Waals surface area contributed by atoms with Crippen LogP contribution in [0.1, 0.15) is 5.56 Å². The molecule has 0 fully saturated rings. The summed E-state index contributed by atoms with van der Waals surface area (Å²) in [7, 11) is 0. The second-order valence-electron chi connectivity index (χ2n) is 3.77. The van der Waals surface area contributed by atoms with Crippen LogP contribution >= 0.6 is 0 Å². The molecular formula is C13H11N3O3. The standard InChI is InChI=1S/C13H11N3O3/c17-13-7-3-11(4-8-13)15-14-9-10-1-5-12(6-2-10)16(18)19/h1-9,15,17H/b14-9+. The Bertz CT molecular complexity index is 592. The van der Waals surface area contributed by atoms with Gasteiger partial charge >= 0.3 is 0 Å². The molecule has 0 atom stereocenters. The quantitative estimate of drug-likeness (QED) is 0.381. The highest BCUT2D eigenvalue weighted by molar-refractivity contribution is 5.80. The van der Waals surface area contributed by atoms with Gasteiger partial charge in [-0.2, -0.15) is 5.10 Å². The Morgan fingerprint density at radius 3 is 2.32 bits per heavy atom. The zero-order valence-corrected chi connectivity index (χ0v) is 9.85. The number of hydrogen-bond acceptors (Lipinski definition) is 5. The fourth-order valence-electron chi connectivity index (χ4n) is 1.40. The van der Waals surface area contributed by atoms with Gasteiger partial charge in [0.2, 0.25) is 0 Å². The van der Waals surface area contributed by atoms with Crippen molar-refractivity contribution in [2.24, 2.45) is 5.10 Å². The minimum Gasteiger partial charge on any atom is -0.508 e. The highest BCUT2D eigenvalue weighted by Crippen LogP contribution is 2.14. The van der Waals surface area contributed by atoms with Crippen molar-refractivity contribution in [1.82, 2.24) is 0 Å². The molecule has 0 radical (unpaired) electrons. The first kappa shape index (κ1) is 12.6. The van der Waals surface area contributed by atoms with Crippen LogP contribution in [0.2, 0.25) is 0 Å². The van der Waals surface area contributed by atoms with E-state index in [1.165, 1.54) is 12.1 Å². The molecule has 0 aromatic heterocycles. The minimum absolute atomic E-state index is 0.0450. The predicted octanol–water partition coefficient (Wildman–Crippen LogP) is 2.75. The average molecular weight is 257 g/mol. The molecule has 0 aliphatic heterocycles. The van der Waals surface area contributed by atoms with E-state index in [0.717, 1.165) is 11.3 Å². The van der Waals surface area contributed by atoms with Crippen LogP contribution < -0.4 is 5.43 Å². The lowest BCUT2D eigenvalue weighted by Crippen LogP contribution is -1.91. The van der Waals surface area contributed by atoms with Crippen molar-refractivity contribution in [2.45, 2.75) is 0 Å². The van der Waals surface area contributed by atoms with Gasteiger partial charge < -0.3 is 5.11 Å². The molecule has 0 aliphatic carbocycles. The summed E-state index contributed by atoms with van der Waals surface area (Å²) in [6.07, 6.45) is 1.55. The van der Waals surface area contributed by atoms with E-state index in [2.05, 4.69) is 10.5 Å². The van der Waals surface area contributed by atoms with Gasteiger partial charge in [0.05, 0.1) is 16.8 Å². The van der Waals surface area contributed by atoms with Crippen LogP contribution in [0, 0.1) is 10.1 Å². The van der Waals surface area contributed by atoms with E-state index >= 15 is 0 Å². The van der Waals surface area contributed by atoms with Crippen molar-refractivity contribution in [3.8, 4) is 5.75 Å². The number of non-ortho nitro benzene ring substituents is 1. The Balaban J connectivity index is 1.98. The molecule has 0 unspecified atom stereocenters. The molecule has 2 aromatic carbocycles. The summed E-state index contributed by atoms with van der Waals surface area (Å²) >= 11 is 0. The summed E-state index contributed by atoms with van der Waals surface area (Å²) in [6.45, 7) is 0. The van der Waals surface area contributed by atoms with Crippen LogP contribution in [0.25, 0.3) is 0 Å². The van der Waals surface area contributed by atoms with Crippen molar-refractivity contribution in [2.75, 3.05) is 5.43 Å². The van der Waals surface area contributed by atoms with Crippen LogP contribution in [0.5, 0.6) is 5.75 Å². The number of nitro benzene ring substituents is 1. The van der Waals surface area contributed by atoms with Gasteiger partial charge in [0.25, 0.3) is 5.69 Å². The third kappa shape index (κ3) is 3.53. The molecule has 0 heterocycles. The summed E-state index contributed by atoms with van der Waals surface area (Å²) in [5.74, 6) is 0.185. The van der Waals surface area contributed by atoms with Gasteiger partial charge in [-0.05, 0) is 42.0 Å². The molecule has 0 saturated carbocycles. The van der Waals surface area contributed by atoms with Gasteiger partial charge in [0.15, 0.2) is 0 Å². The zero-order chi connectivity index (χ0) is 13.7. The molecule has 6 heteroatoms. The van der Waals surface area contributed by atoms with Crippen LogP contribution in [0.3, 0.4) is 0 Å². The van der Waals surface area contributed by atoms with Crippen molar-refractivity contribution in [1.29, 1.82) is 0 Å². The van der Waals surface area contributed by atoms with Crippen LogP contribution in [0.15, 0.2) is 53.6 Å². The number of hydrogen-bond donors (Lipinski definition) is 2. The summed E-state index contributed by atoms with van der Waals surface area (Å²) in [5, 5.41) is 23.6. The average Bonchev–Trinajstić information content (AvgIpc) is 2.41. The van der Waals surface area contributed by atoms with Crippen molar-refractivity contribution < 1.29 is 10.0 Å². The second kappa shape index (κ2) is 5.63. The lowest BCUT2D eigenvalue weighted by Gasteiger charge is -1.99. The fraction of sp³-hybridized carbons (Fsp3) is 0. The number of nitrogens with zero attached hydrogens (tertiary/aromatic N) is 2. The van der Waals surface area contributed by atoms with Crippen molar-refractivity contribution in [3.05, 3.63) is 64.2 Å². The highest BCUT2D eigenvalue weighted by atomic mass is 16.6. The molecule has 0 spiro atoms. The van der Waals surface area contributed by atoms with Crippen LogP contribution in [-0.4, -0.2) is 16.2 Å². The molecular weight excluding hydrogens is 246 g/mol. The predicted molar refractivity (Wildman–Crippen MR) is 72.4 cm³/mol. The molecule has 96 valence electrons. The lowest BCUT2D eigenvalue weighted by molar-refractivity contribution is -0.384. The Kier molecular flexibility index (Phi) is 3.72. The molecule has 0 amide bonds. The lowest BCUT2D eigenvalue weighted by atomic mass is 10.2. The van der Waals surface area contributed by atoms with Gasteiger partial charge in [-0.3, -0.25) is 15.5 Å². The second-order valence-corrected chi connectivity index (χ2v) is 3.77. The minimum atomic E-state index is -0.449. The Morgan fingerprint density at radius 2 is 1.74 bits per heavy atom. The Labute approximate surface area is 109 Å². The number of benzene rings is 2. The van der Waals surface area contributed by atoms with Gasteiger partial charge in [0.1, 0.15) is 5.75 Å². The molecule has 0 bridgehead atoms. The number of nitro groups is 1. The first-order valence-electron chi connectivity index (χ1n) is 5.48. The number of phenolic OH excluding ortho intramolecular Hbond substituents is 1. The first-order valence-corrected chi connectivity index (χ1v) is 5.48. The van der Waals surface area contributed by atoms with Crippen LogP contribution in [0.4, 0.5) is 11.4 Å². The summed E-state index contributed by atoms with van der Waals surface area (Å²) < 4.78 is 0. The Hall–Kier alpha value is -2.89. The fourth-order valence-corrected chi connectivity index (χ4v) is 1.40. The van der Waals surface area contributed by atoms with Crippen molar-refractivity contribution in [3.63, 3.8) is 0 Å². The number of hydrazone groups is 1. The van der Waals surface area contributed by atoms with E-state index in [4.69, 9.17) is 5.11 Å². The van der Waals surface area contributed by atoms with Gasteiger partial charge in [-0.15, -0.1) is 0 Å². The number of nitrogens with one attached hydrogen (secondary N) is 1. The maximum Gasteiger partial charge on any atom is 0.269 e. The largest absolute Gasteiger partial charge is 0.508 e. The summed E-state index contributed by atoms with van der Waals surface area (Å²) in [6, 6.07) is 12.5. The zero-order valence-electron chi connectivity index (χ0n) is 9.85. The third-order valence-corrected chi connectivity index (χ3v) is 2.38. The molecule has 2 N–H and O–H groups in total. The maximum absolute atomic E-state index is 10.5. The monoisotopic (exact) mass is 257 g/mol. The third-order valence-electron chi connectivity index (χ3n) is 2.38. The number of anilines is 1.